The summed E-state index contributed by atoms with van der Waals surface area (Å²) in [6.45, 7) is 1.94. The van der Waals surface area contributed by atoms with Gasteiger partial charge >= 0.3 is 11.8 Å². The molecule has 0 spiro atoms. The third kappa shape index (κ3) is 5.82. The van der Waals surface area contributed by atoms with E-state index in [1.54, 1.807) is 24.3 Å². The number of carbonyl (C=O) groups is 3. The molecule has 2 rings (SSSR count). The highest BCUT2D eigenvalue weighted by molar-refractivity contribution is 6.35. The molecule has 0 atom stereocenters. The summed E-state index contributed by atoms with van der Waals surface area (Å²) in [5.74, 6) is -1.98. The second kappa shape index (κ2) is 8.70. The largest absolute Gasteiger partial charge is 0.467 e. The molecule has 3 N–H and O–H groups in total. The molecule has 0 radical (unpaired) electrons. The monoisotopic (exact) mass is 361 g/mol. The van der Waals surface area contributed by atoms with Crippen LogP contribution < -0.4 is 16.2 Å². The normalized spacial score (nSPS) is 10.5. The molecule has 1 aromatic heterocycles. The van der Waals surface area contributed by atoms with Crippen LogP contribution in [0.15, 0.2) is 47.1 Å². The number of hydrogen-bond acceptors (Lipinski definition) is 4. The number of carbonyl (C=O) groups excluding carboxylic acids is 3. The first-order valence-corrected chi connectivity index (χ1v) is 7.68. The summed E-state index contributed by atoms with van der Waals surface area (Å²) in [5, 5.41) is 2.94. The van der Waals surface area contributed by atoms with Crippen molar-refractivity contribution in [3.05, 3.63) is 64.6 Å². The van der Waals surface area contributed by atoms with Crippen molar-refractivity contribution in [3.8, 4) is 0 Å². The third-order valence-corrected chi connectivity index (χ3v) is 3.54. The molecular formula is C17H16ClN3O4. The van der Waals surface area contributed by atoms with E-state index >= 15 is 0 Å². The van der Waals surface area contributed by atoms with Gasteiger partial charge in [-0.3, -0.25) is 25.2 Å². The zero-order valence-electron chi connectivity index (χ0n) is 13.3. The third-order valence-electron chi connectivity index (χ3n) is 3.13. The first-order chi connectivity index (χ1) is 12.0. The van der Waals surface area contributed by atoms with Crippen molar-refractivity contribution in [2.45, 2.75) is 13.5 Å². The van der Waals surface area contributed by atoms with E-state index in [1.165, 1.54) is 18.4 Å². The maximum atomic E-state index is 11.6. The van der Waals surface area contributed by atoms with Crippen molar-refractivity contribution in [2.75, 3.05) is 0 Å². The van der Waals surface area contributed by atoms with Crippen LogP contribution in [0.1, 0.15) is 16.9 Å². The van der Waals surface area contributed by atoms with E-state index in [0.717, 1.165) is 11.1 Å². The minimum atomic E-state index is -0.994. The fourth-order valence-corrected chi connectivity index (χ4v) is 1.95. The Morgan fingerprint density at radius 2 is 1.96 bits per heavy atom. The Kier molecular flexibility index (Phi) is 6.36. The van der Waals surface area contributed by atoms with Gasteiger partial charge in [-0.2, -0.15) is 0 Å². The fraction of sp³-hybridized carbons (Fsp3) is 0.118. The Bertz CT molecular complexity index is 800. The van der Waals surface area contributed by atoms with Gasteiger partial charge < -0.3 is 9.73 Å². The summed E-state index contributed by atoms with van der Waals surface area (Å²) in [5.41, 5.74) is 5.78. The Balaban J connectivity index is 1.76. The van der Waals surface area contributed by atoms with Crippen molar-refractivity contribution in [1.29, 1.82) is 0 Å². The van der Waals surface area contributed by atoms with Crippen molar-refractivity contribution in [3.63, 3.8) is 0 Å². The lowest BCUT2D eigenvalue weighted by molar-refractivity contribution is -0.140. The number of furan rings is 1. The smallest absolute Gasteiger partial charge is 0.327 e. The summed E-state index contributed by atoms with van der Waals surface area (Å²) < 4.78 is 5.02. The van der Waals surface area contributed by atoms with Crippen LogP contribution >= 0.6 is 11.6 Å². The molecule has 8 heteroatoms. The molecule has 0 saturated carbocycles. The van der Waals surface area contributed by atoms with Gasteiger partial charge in [0.25, 0.3) is 5.91 Å². The molecule has 7 nitrogen and oxygen atoms in total. The van der Waals surface area contributed by atoms with Crippen molar-refractivity contribution >= 4 is 35.4 Å². The van der Waals surface area contributed by atoms with E-state index in [4.69, 9.17) is 16.0 Å². The molecule has 1 aromatic carbocycles. The number of rotatable bonds is 4. The predicted molar refractivity (Wildman–Crippen MR) is 92.1 cm³/mol. The van der Waals surface area contributed by atoms with E-state index in [0.29, 0.717) is 10.8 Å². The molecule has 0 aliphatic rings. The summed E-state index contributed by atoms with van der Waals surface area (Å²) in [7, 11) is 0. The van der Waals surface area contributed by atoms with Crippen LogP contribution in [0.5, 0.6) is 0 Å². The topological polar surface area (TPSA) is 100 Å². The molecule has 130 valence electrons. The highest BCUT2D eigenvalue weighted by Crippen LogP contribution is 2.17. The Morgan fingerprint density at radius 1 is 1.16 bits per heavy atom. The first kappa shape index (κ1) is 18.3. The molecule has 1 heterocycles. The number of amides is 3. The molecule has 0 fully saturated rings. The molecule has 0 aliphatic carbocycles. The van der Waals surface area contributed by atoms with Crippen LogP contribution in [0.25, 0.3) is 6.08 Å². The van der Waals surface area contributed by atoms with Crippen molar-refractivity contribution in [1.82, 2.24) is 16.2 Å². The minimum Gasteiger partial charge on any atom is -0.467 e. The Morgan fingerprint density at radius 3 is 2.64 bits per heavy atom. The lowest BCUT2D eigenvalue weighted by atomic mass is 10.1. The summed E-state index contributed by atoms with van der Waals surface area (Å²) in [6, 6.07) is 8.65. The summed E-state index contributed by atoms with van der Waals surface area (Å²) in [6.07, 6.45) is 4.20. The van der Waals surface area contributed by atoms with Gasteiger partial charge in [0.05, 0.1) is 12.8 Å². The fourth-order valence-electron chi connectivity index (χ4n) is 1.76. The highest BCUT2D eigenvalue weighted by atomic mass is 35.5. The van der Waals surface area contributed by atoms with Crippen LogP contribution in [-0.4, -0.2) is 17.7 Å². The minimum absolute atomic E-state index is 0.0707. The van der Waals surface area contributed by atoms with Gasteiger partial charge in [0.1, 0.15) is 5.76 Å². The SMILES string of the molecule is Cc1ccc(/C=C/C(=O)NNC(=O)C(=O)NCc2ccco2)cc1Cl. The number of benzene rings is 1. The van der Waals surface area contributed by atoms with E-state index in [-0.39, 0.29) is 6.54 Å². The summed E-state index contributed by atoms with van der Waals surface area (Å²) in [4.78, 5) is 34.8. The Hall–Kier alpha value is -3.06. The molecule has 0 saturated heterocycles. The number of hydrogen-bond donors (Lipinski definition) is 3. The van der Waals surface area contributed by atoms with E-state index in [9.17, 15) is 14.4 Å². The van der Waals surface area contributed by atoms with Gasteiger partial charge in [-0.15, -0.1) is 0 Å². The van der Waals surface area contributed by atoms with Gasteiger partial charge in [0, 0.05) is 11.1 Å². The van der Waals surface area contributed by atoms with Crippen LogP contribution in [0, 0.1) is 6.92 Å². The van der Waals surface area contributed by atoms with E-state index in [1.807, 2.05) is 18.4 Å². The van der Waals surface area contributed by atoms with Gasteiger partial charge in [0.15, 0.2) is 0 Å². The number of aryl methyl sites for hydroxylation is 1. The number of hydrazine groups is 1. The van der Waals surface area contributed by atoms with Gasteiger partial charge in [-0.1, -0.05) is 23.7 Å². The van der Waals surface area contributed by atoms with Crippen LogP contribution in [-0.2, 0) is 20.9 Å². The average molecular weight is 362 g/mol. The maximum Gasteiger partial charge on any atom is 0.327 e. The highest BCUT2D eigenvalue weighted by Gasteiger charge is 2.13. The predicted octanol–water partition coefficient (Wildman–Crippen LogP) is 1.72. The lowest BCUT2D eigenvalue weighted by Crippen LogP contribution is -2.47. The molecular weight excluding hydrogens is 346 g/mol. The van der Waals surface area contributed by atoms with Crippen LogP contribution in [0.3, 0.4) is 0 Å². The second-order valence-electron chi connectivity index (χ2n) is 5.05. The summed E-state index contributed by atoms with van der Waals surface area (Å²) >= 11 is 5.99. The quantitative estimate of drug-likeness (QED) is 0.438. The molecule has 0 aliphatic heterocycles. The zero-order chi connectivity index (χ0) is 18.2. The zero-order valence-corrected chi connectivity index (χ0v) is 14.1. The van der Waals surface area contributed by atoms with Crippen molar-refractivity contribution < 1.29 is 18.8 Å². The second-order valence-corrected chi connectivity index (χ2v) is 5.45. The first-order valence-electron chi connectivity index (χ1n) is 7.30. The average Bonchev–Trinajstić information content (AvgIpc) is 3.12. The van der Waals surface area contributed by atoms with Crippen molar-refractivity contribution in [2.24, 2.45) is 0 Å². The molecule has 2 aromatic rings. The standard InChI is InChI=1S/C17H16ClN3O4/c1-11-4-5-12(9-14(11)18)6-7-15(22)20-21-17(24)16(23)19-10-13-3-2-8-25-13/h2-9H,10H2,1H3,(H,19,23)(H,20,22)(H,21,24)/b7-6+. The molecule has 25 heavy (non-hydrogen) atoms. The molecule has 0 unspecified atom stereocenters. The van der Waals surface area contributed by atoms with Crippen LogP contribution in [0.2, 0.25) is 5.02 Å². The van der Waals surface area contributed by atoms with Crippen LogP contribution in [0.4, 0.5) is 0 Å². The number of nitrogens with one attached hydrogen (secondary N) is 3. The van der Waals surface area contributed by atoms with E-state index < -0.39 is 17.7 Å². The Labute approximate surface area is 149 Å². The van der Waals surface area contributed by atoms with Gasteiger partial charge in [0.2, 0.25) is 0 Å². The van der Waals surface area contributed by atoms with E-state index in [2.05, 4.69) is 10.7 Å². The van der Waals surface area contributed by atoms with Gasteiger partial charge in [-0.05, 0) is 42.3 Å². The molecule has 0 bridgehead atoms. The molecule has 3 amide bonds. The number of halogens is 1. The van der Waals surface area contributed by atoms with Gasteiger partial charge in [-0.25, -0.2) is 0 Å². The maximum absolute atomic E-state index is 11.6. The lowest BCUT2D eigenvalue weighted by Gasteiger charge is -2.05.